The molecule has 4 heterocycles. The number of nitrogens with zero attached hydrogens (tertiary/aromatic N) is 6. The normalized spacial score (nSPS) is 20.7. The van der Waals surface area contributed by atoms with Gasteiger partial charge in [0.2, 0.25) is 5.88 Å². The first kappa shape index (κ1) is 33.2. The maximum Gasteiger partial charge on any atom is 0.411 e. The summed E-state index contributed by atoms with van der Waals surface area (Å²) in [6, 6.07) is 15.2. The lowest BCUT2D eigenvalue weighted by Crippen LogP contribution is -2.54. The second kappa shape index (κ2) is 13.4. The minimum absolute atomic E-state index is 0.00747. The van der Waals surface area contributed by atoms with E-state index in [9.17, 15) is 23.3 Å². The first-order chi connectivity index (χ1) is 23.1. The molecule has 2 aromatic carbocycles. The van der Waals surface area contributed by atoms with Gasteiger partial charge in [0, 0.05) is 57.1 Å². The molecule has 0 spiro atoms. The Bertz CT molecular complexity index is 1830. The number of likely N-dealkylation sites (tertiary alicyclic amines) is 1. The standard InChI is InChI=1S/C34H38N6O7S/c1-4-46-31-28(6-5-15-36-31)34(47-33(42)39-16-13-25(14-17-39)38-20-18-37(2)19-21-38)29-22-24(23-35)7-12-30(29)40(32(34)41)48(43,44)27-10-8-26(45-3)9-11-27/h5-12,15,22,25H,4,13-14,16-21H2,1-3H3. The molecule has 13 nitrogen and oxygen atoms in total. The lowest BCUT2D eigenvalue weighted by Gasteiger charge is -2.42. The number of methoxy groups -OCH3 is 1. The van der Waals surface area contributed by atoms with Gasteiger partial charge in [-0.2, -0.15) is 9.57 Å². The third-order valence-corrected chi connectivity index (χ3v) is 11.0. The summed E-state index contributed by atoms with van der Waals surface area (Å²) >= 11 is 0. The number of pyridine rings is 1. The van der Waals surface area contributed by atoms with E-state index in [1.807, 2.05) is 0 Å². The quantitative estimate of drug-likeness (QED) is 0.347. The second-order valence-corrected chi connectivity index (χ2v) is 13.8. The van der Waals surface area contributed by atoms with Gasteiger partial charge in [0.25, 0.3) is 21.5 Å². The van der Waals surface area contributed by atoms with Gasteiger partial charge in [-0.1, -0.05) is 0 Å². The van der Waals surface area contributed by atoms with Gasteiger partial charge < -0.3 is 24.0 Å². The summed E-state index contributed by atoms with van der Waals surface area (Å²) in [5.41, 5.74) is -2.20. The molecule has 0 aliphatic carbocycles. The van der Waals surface area contributed by atoms with Crippen molar-refractivity contribution >= 4 is 27.7 Å². The predicted octanol–water partition coefficient (Wildman–Crippen LogP) is 3.19. The van der Waals surface area contributed by atoms with Crippen LogP contribution in [0.15, 0.2) is 65.7 Å². The molecule has 0 bridgehead atoms. The lowest BCUT2D eigenvalue weighted by atomic mass is 9.87. The van der Waals surface area contributed by atoms with Crippen LogP contribution in [-0.2, 0) is 25.2 Å². The van der Waals surface area contributed by atoms with E-state index in [0.29, 0.717) is 29.2 Å². The van der Waals surface area contributed by atoms with Crippen LogP contribution in [0.4, 0.5) is 10.5 Å². The summed E-state index contributed by atoms with van der Waals surface area (Å²) in [7, 11) is -1.00. The highest BCUT2D eigenvalue weighted by Gasteiger charge is 2.61. The predicted molar refractivity (Wildman–Crippen MR) is 175 cm³/mol. The fourth-order valence-corrected chi connectivity index (χ4v) is 8.10. The number of sulfonamides is 1. The zero-order chi connectivity index (χ0) is 34.1. The molecule has 1 atom stereocenters. The number of nitriles is 1. The maximum absolute atomic E-state index is 14.9. The van der Waals surface area contributed by atoms with Gasteiger partial charge >= 0.3 is 6.09 Å². The second-order valence-electron chi connectivity index (χ2n) is 12.0. The molecule has 3 aliphatic heterocycles. The van der Waals surface area contributed by atoms with Crippen molar-refractivity contribution in [1.82, 2.24) is 19.7 Å². The molecule has 0 N–H and O–H groups in total. The number of carbonyl (C=O) groups is 2. The summed E-state index contributed by atoms with van der Waals surface area (Å²) < 4.78 is 46.5. The third-order valence-electron chi connectivity index (χ3n) is 9.26. The van der Waals surface area contributed by atoms with E-state index in [1.165, 1.54) is 61.8 Å². The number of amides is 2. The van der Waals surface area contributed by atoms with Crippen LogP contribution in [0, 0.1) is 11.3 Å². The molecule has 3 aromatic rings. The number of hydrogen-bond donors (Lipinski definition) is 0. The van der Waals surface area contributed by atoms with Crippen molar-refractivity contribution in [2.24, 2.45) is 0 Å². The topological polar surface area (TPSA) is 146 Å². The fourth-order valence-electron chi connectivity index (χ4n) is 6.64. The van der Waals surface area contributed by atoms with Gasteiger partial charge in [-0.3, -0.25) is 9.69 Å². The Morgan fingerprint density at radius 3 is 2.38 bits per heavy atom. The average Bonchev–Trinajstić information content (AvgIpc) is 3.36. The molecule has 1 unspecified atom stereocenters. The van der Waals surface area contributed by atoms with Crippen molar-refractivity contribution in [2.45, 2.75) is 36.3 Å². The van der Waals surface area contributed by atoms with E-state index < -0.39 is 27.6 Å². The van der Waals surface area contributed by atoms with Crippen LogP contribution in [0.2, 0.25) is 0 Å². The van der Waals surface area contributed by atoms with Gasteiger partial charge in [0.1, 0.15) is 5.75 Å². The largest absolute Gasteiger partial charge is 0.497 e. The molecule has 48 heavy (non-hydrogen) atoms. The SMILES string of the molecule is CCOc1ncccc1C1(OC(=O)N2CCC(N3CCN(C)CC3)CC2)C(=O)N(S(=O)(=O)c2ccc(OC)cc2)c2ccc(C#N)cc21. The zero-order valence-electron chi connectivity index (χ0n) is 27.2. The Balaban J connectivity index is 1.43. The number of piperidine rings is 1. The summed E-state index contributed by atoms with van der Waals surface area (Å²) in [5, 5.41) is 9.86. The van der Waals surface area contributed by atoms with Gasteiger partial charge in [0.05, 0.1) is 41.5 Å². The van der Waals surface area contributed by atoms with Crippen LogP contribution < -0.4 is 13.8 Å². The van der Waals surface area contributed by atoms with Gasteiger partial charge in [-0.15, -0.1) is 0 Å². The highest BCUT2D eigenvalue weighted by atomic mass is 32.2. The van der Waals surface area contributed by atoms with Crippen LogP contribution in [0.1, 0.15) is 36.5 Å². The molecule has 6 rings (SSSR count). The van der Waals surface area contributed by atoms with E-state index >= 15 is 0 Å². The number of hydrogen-bond acceptors (Lipinski definition) is 11. The lowest BCUT2D eigenvalue weighted by molar-refractivity contribution is -0.132. The van der Waals surface area contributed by atoms with E-state index in [1.54, 1.807) is 17.9 Å². The highest BCUT2D eigenvalue weighted by molar-refractivity contribution is 7.93. The molecule has 1 aromatic heterocycles. The first-order valence-corrected chi connectivity index (χ1v) is 17.3. The maximum atomic E-state index is 14.9. The Morgan fingerprint density at radius 2 is 1.73 bits per heavy atom. The molecule has 2 fully saturated rings. The molecule has 0 saturated carbocycles. The molecule has 252 valence electrons. The monoisotopic (exact) mass is 674 g/mol. The van der Waals surface area contributed by atoms with Crippen molar-refractivity contribution in [3.63, 3.8) is 0 Å². The number of fused-ring (bicyclic) bond motifs is 1. The molecule has 14 heteroatoms. The molecule has 2 saturated heterocycles. The summed E-state index contributed by atoms with van der Waals surface area (Å²) in [4.78, 5) is 39.5. The third kappa shape index (κ3) is 5.82. The van der Waals surface area contributed by atoms with Crippen molar-refractivity contribution in [1.29, 1.82) is 5.26 Å². The van der Waals surface area contributed by atoms with Gasteiger partial charge in [-0.05, 0) is 81.4 Å². The number of likely N-dealkylation sites (N-methyl/N-ethyl adjacent to an activating group) is 1. The number of rotatable bonds is 8. The Morgan fingerprint density at radius 1 is 1.02 bits per heavy atom. The molecule has 3 aliphatic rings. The van der Waals surface area contributed by atoms with E-state index in [4.69, 9.17) is 14.2 Å². The smallest absolute Gasteiger partial charge is 0.411 e. The average molecular weight is 675 g/mol. The summed E-state index contributed by atoms with van der Waals surface area (Å²) in [6.45, 7) is 6.58. The summed E-state index contributed by atoms with van der Waals surface area (Å²) in [6.07, 6.45) is 2.13. The number of carbonyl (C=O) groups excluding carboxylic acids is 2. The number of anilines is 1. The molecule has 2 amide bonds. The molecular weight excluding hydrogens is 636 g/mol. The molecule has 0 radical (unpaired) electrons. The van der Waals surface area contributed by atoms with E-state index in [0.717, 1.165) is 39.0 Å². The zero-order valence-corrected chi connectivity index (χ0v) is 28.0. The number of aromatic nitrogens is 1. The van der Waals surface area contributed by atoms with E-state index in [2.05, 4.69) is 27.9 Å². The Kier molecular flexibility index (Phi) is 9.28. The van der Waals surface area contributed by atoms with Crippen LogP contribution in [-0.4, -0.2) is 106 Å². The van der Waals surface area contributed by atoms with Crippen molar-refractivity contribution in [2.75, 3.05) is 64.3 Å². The van der Waals surface area contributed by atoms with Gasteiger partial charge in [0.15, 0.2) is 0 Å². The van der Waals surface area contributed by atoms with Crippen LogP contribution >= 0.6 is 0 Å². The number of ether oxygens (including phenoxy) is 3. The first-order valence-electron chi connectivity index (χ1n) is 15.9. The Labute approximate surface area is 280 Å². The highest BCUT2D eigenvalue weighted by Crippen LogP contribution is 2.51. The van der Waals surface area contributed by atoms with Crippen LogP contribution in [0.25, 0.3) is 0 Å². The molecular formula is C34H38N6O7S. The minimum Gasteiger partial charge on any atom is -0.497 e. The summed E-state index contributed by atoms with van der Waals surface area (Å²) in [5.74, 6) is -0.637. The van der Waals surface area contributed by atoms with Crippen molar-refractivity contribution in [3.05, 3.63) is 77.5 Å². The van der Waals surface area contributed by atoms with Crippen LogP contribution in [0.5, 0.6) is 11.6 Å². The van der Waals surface area contributed by atoms with Gasteiger partial charge in [-0.25, -0.2) is 18.2 Å². The van der Waals surface area contributed by atoms with Crippen molar-refractivity contribution in [3.8, 4) is 17.7 Å². The minimum atomic E-state index is -4.56. The van der Waals surface area contributed by atoms with E-state index in [-0.39, 0.29) is 39.8 Å². The number of benzene rings is 2. The van der Waals surface area contributed by atoms with Crippen LogP contribution in [0.3, 0.4) is 0 Å². The Hall–Kier alpha value is -4.71. The number of piperazine rings is 1. The fraction of sp³-hybridized carbons (Fsp3) is 0.412. The van der Waals surface area contributed by atoms with Crippen molar-refractivity contribution < 1.29 is 32.2 Å².